The van der Waals surface area contributed by atoms with Crippen molar-refractivity contribution in [1.82, 2.24) is 9.80 Å². The lowest BCUT2D eigenvalue weighted by molar-refractivity contribution is -0.00480. The minimum atomic E-state index is -1.61. The fourth-order valence-corrected chi connectivity index (χ4v) is 3.17. The predicted octanol–water partition coefficient (Wildman–Crippen LogP) is 1.71. The Morgan fingerprint density at radius 3 is 2.14 bits per heavy atom. The van der Waals surface area contributed by atoms with E-state index in [1.807, 2.05) is 0 Å². The molecule has 0 aromatic rings. The Morgan fingerprint density at radius 2 is 1.68 bits per heavy atom. The van der Waals surface area contributed by atoms with Crippen molar-refractivity contribution in [3.05, 3.63) is 0 Å². The number of carboxylic acid groups (broad SMARTS) is 3. The molecule has 0 saturated heterocycles. The summed E-state index contributed by atoms with van der Waals surface area (Å²) in [5.74, 6) is 0. The highest BCUT2D eigenvalue weighted by Crippen LogP contribution is 2.37. The molecule has 1 fully saturated rings. The number of hydrogen-bond donors (Lipinski definition) is 4. The molecule has 1 aliphatic rings. The van der Waals surface area contributed by atoms with Gasteiger partial charge in [0.05, 0.1) is 11.6 Å². The highest BCUT2D eigenvalue weighted by molar-refractivity contribution is 5.86. The molecule has 9 nitrogen and oxygen atoms in total. The predicted molar refractivity (Wildman–Crippen MR) is 75.0 cm³/mol. The molecule has 0 aromatic carbocycles. The van der Waals surface area contributed by atoms with Crippen LogP contribution in [-0.4, -0.2) is 73.2 Å². The molecule has 0 heterocycles. The molecule has 1 rings (SSSR count). The molecule has 2 atom stereocenters. The van der Waals surface area contributed by atoms with Gasteiger partial charge in [-0.3, -0.25) is 0 Å². The number of aliphatic hydroxyl groups excluding tert-OH is 1. The van der Waals surface area contributed by atoms with Gasteiger partial charge in [-0.1, -0.05) is 12.8 Å². The van der Waals surface area contributed by atoms with Gasteiger partial charge in [0.15, 0.2) is 0 Å². The van der Waals surface area contributed by atoms with Gasteiger partial charge in [-0.15, -0.1) is 0 Å². The number of nitrogens with zero attached hydrogens (tertiary/aromatic N) is 2. The number of rotatable bonds is 5. The summed E-state index contributed by atoms with van der Waals surface area (Å²) < 4.78 is 0. The minimum absolute atomic E-state index is 0.0198. The lowest BCUT2D eigenvalue weighted by Crippen LogP contribution is -2.65. The molecule has 0 radical (unpaired) electrons. The van der Waals surface area contributed by atoms with Crippen LogP contribution < -0.4 is 0 Å². The van der Waals surface area contributed by atoms with E-state index in [-0.39, 0.29) is 26.0 Å². The van der Waals surface area contributed by atoms with Crippen molar-refractivity contribution in [3.8, 4) is 0 Å². The Morgan fingerprint density at radius 1 is 1.09 bits per heavy atom. The fourth-order valence-electron chi connectivity index (χ4n) is 3.17. The van der Waals surface area contributed by atoms with Crippen molar-refractivity contribution in [2.24, 2.45) is 0 Å². The number of carbonyl (C=O) groups is 3. The smallest absolute Gasteiger partial charge is 0.417 e. The first-order valence-electron chi connectivity index (χ1n) is 7.12. The number of hydrogen-bond acceptors (Lipinski definition) is 4. The molecular weight excluding hydrogens is 296 g/mol. The van der Waals surface area contributed by atoms with Crippen LogP contribution in [0.5, 0.6) is 0 Å². The lowest BCUT2D eigenvalue weighted by Gasteiger charge is -2.49. The van der Waals surface area contributed by atoms with Gasteiger partial charge in [0.25, 0.3) is 0 Å². The Balaban J connectivity index is 3.19. The van der Waals surface area contributed by atoms with Crippen molar-refractivity contribution < 1.29 is 34.8 Å². The highest BCUT2D eigenvalue weighted by atomic mass is 16.4. The van der Waals surface area contributed by atoms with Crippen LogP contribution in [0.15, 0.2) is 0 Å². The molecule has 2 unspecified atom stereocenters. The van der Waals surface area contributed by atoms with E-state index in [0.717, 1.165) is 4.90 Å². The van der Waals surface area contributed by atoms with E-state index in [4.69, 9.17) is 15.3 Å². The molecule has 0 spiro atoms. The number of imide groups is 1. The Kier molecular flexibility index (Phi) is 5.98. The van der Waals surface area contributed by atoms with Gasteiger partial charge in [-0.05, 0) is 26.2 Å². The van der Waals surface area contributed by atoms with E-state index in [1.54, 1.807) is 6.92 Å². The van der Waals surface area contributed by atoms with Gasteiger partial charge in [0, 0.05) is 13.2 Å². The van der Waals surface area contributed by atoms with Gasteiger partial charge in [0.2, 0.25) is 0 Å². The zero-order valence-corrected chi connectivity index (χ0v) is 12.4. The summed E-state index contributed by atoms with van der Waals surface area (Å²) in [5, 5.41) is 36.7. The Labute approximate surface area is 127 Å². The molecule has 126 valence electrons. The first kappa shape index (κ1) is 18.0. The summed E-state index contributed by atoms with van der Waals surface area (Å²) in [7, 11) is 0. The maximum Gasteiger partial charge on any atom is 0.417 e. The zero-order chi connectivity index (χ0) is 16.9. The molecule has 4 N–H and O–H groups in total. The van der Waals surface area contributed by atoms with E-state index in [2.05, 4.69) is 0 Å². The maximum absolute atomic E-state index is 11.5. The maximum atomic E-state index is 11.5. The SMILES string of the molecule is CC1(N(CCCO)C(=O)O)CCCCC1N(C(=O)O)C(=O)O. The molecule has 3 amide bonds. The van der Waals surface area contributed by atoms with E-state index in [9.17, 15) is 19.5 Å². The Hall–Kier alpha value is -2.03. The van der Waals surface area contributed by atoms with Crippen molar-refractivity contribution in [3.63, 3.8) is 0 Å². The van der Waals surface area contributed by atoms with Crippen LogP contribution in [0.4, 0.5) is 14.4 Å². The van der Waals surface area contributed by atoms with Crippen LogP contribution in [-0.2, 0) is 0 Å². The molecule has 1 aliphatic carbocycles. The summed E-state index contributed by atoms with van der Waals surface area (Å²) in [4.78, 5) is 35.5. The third kappa shape index (κ3) is 3.59. The lowest BCUT2D eigenvalue weighted by atomic mass is 9.76. The third-order valence-electron chi connectivity index (χ3n) is 4.24. The van der Waals surface area contributed by atoms with E-state index in [1.165, 1.54) is 0 Å². The molecule has 0 bridgehead atoms. The number of amides is 3. The molecule has 9 heteroatoms. The molecule has 0 aromatic heterocycles. The average Bonchev–Trinajstić information content (AvgIpc) is 2.40. The average molecular weight is 318 g/mol. The molecule has 0 aliphatic heterocycles. The van der Waals surface area contributed by atoms with Crippen LogP contribution in [0, 0.1) is 0 Å². The second-order valence-corrected chi connectivity index (χ2v) is 5.57. The normalized spacial score (nSPS) is 24.5. The highest BCUT2D eigenvalue weighted by Gasteiger charge is 2.49. The third-order valence-corrected chi connectivity index (χ3v) is 4.24. The topological polar surface area (TPSA) is 139 Å². The van der Waals surface area contributed by atoms with Crippen molar-refractivity contribution in [1.29, 1.82) is 0 Å². The van der Waals surface area contributed by atoms with Gasteiger partial charge < -0.3 is 25.3 Å². The first-order valence-corrected chi connectivity index (χ1v) is 7.12. The minimum Gasteiger partial charge on any atom is -0.465 e. The molecular formula is C13H22N2O7. The number of aliphatic hydroxyl groups is 1. The van der Waals surface area contributed by atoms with E-state index < -0.39 is 29.9 Å². The quantitative estimate of drug-likeness (QED) is 0.605. The van der Waals surface area contributed by atoms with Crippen LogP contribution in [0.25, 0.3) is 0 Å². The molecule has 22 heavy (non-hydrogen) atoms. The van der Waals surface area contributed by atoms with E-state index >= 15 is 0 Å². The molecule has 1 saturated carbocycles. The van der Waals surface area contributed by atoms with Gasteiger partial charge in [0.1, 0.15) is 0 Å². The monoisotopic (exact) mass is 318 g/mol. The summed E-state index contributed by atoms with van der Waals surface area (Å²) in [6.07, 6.45) is -2.32. The first-order chi connectivity index (χ1) is 10.3. The largest absolute Gasteiger partial charge is 0.465 e. The van der Waals surface area contributed by atoms with Gasteiger partial charge in [-0.2, -0.15) is 0 Å². The second kappa shape index (κ2) is 7.30. The van der Waals surface area contributed by atoms with Gasteiger partial charge in [-0.25, -0.2) is 19.3 Å². The van der Waals surface area contributed by atoms with Crippen molar-refractivity contribution in [2.45, 2.75) is 50.6 Å². The van der Waals surface area contributed by atoms with Crippen LogP contribution in [0.2, 0.25) is 0 Å². The van der Waals surface area contributed by atoms with Crippen LogP contribution in [0.1, 0.15) is 39.0 Å². The summed E-state index contributed by atoms with van der Waals surface area (Å²) in [6.45, 7) is 1.39. The van der Waals surface area contributed by atoms with Crippen molar-refractivity contribution in [2.75, 3.05) is 13.2 Å². The second-order valence-electron chi connectivity index (χ2n) is 5.57. The van der Waals surface area contributed by atoms with Gasteiger partial charge >= 0.3 is 18.3 Å². The van der Waals surface area contributed by atoms with Crippen LogP contribution >= 0.6 is 0 Å². The van der Waals surface area contributed by atoms with Crippen molar-refractivity contribution >= 4 is 18.3 Å². The van der Waals surface area contributed by atoms with E-state index in [0.29, 0.717) is 24.2 Å². The van der Waals surface area contributed by atoms with Crippen LogP contribution in [0.3, 0.4) is 0 Å². The fraction of sp³-hybridized carbons (Fsp3) is 0.769. The summed E-state index contributed by atoms with van der Waals surface area (Å²) in [5.41, 5.74) is -1.14. The summed E-state index contributed by atoms with van der Waals surface area (Å²) >= 11 is 0. The zero-order valence-electron chi connectivity index (χ0n) is 12.4. The standard InChI is InChI=1S/C13H22N2O7/c1-13(14(10(17)18)7-4-8-16)6-3-2-5-9(13)15(11(19)20)12(21)22/h9,16H,2-8H2,1H3,(H,17,18)(H,19,20)(H,21,22). The Bertz CT molecular complexity index is 428. The summed E-state index contributed by atoms with van der Waals surface area (Å²) in [6, 6.07) is -0.967.